The van der Waals surface area contributed by atoms with Crippen molar-refractivity contribution < 1.29 is 4.74 Å². The minimum Gasteiger partial charge on any atom is -0.501 e. The summed E-state index contributed by atoms with van der Waals surface area (Å²) >= 11 is 6.18. The van der Waals surface area contributed by atoms with Crippen LogP contribution in [0.25, 0.3) is 0 Å². The molecule has 2 rings (SSSR count). The molecule has 1 heterocycles. The Labute approximate surface area is 108 Å². The Kier molecular flexibility index (Phi) is 4.08. The zero-order chi connectivity index (χ0) is 12.3. The predicted molar refractivity (Wildman–Crippen MR) is 71.3 cm³/mol. The summed E-state index contributed by atoms with van der Waals surface area (Å²) in [6.07, 6.45) is 4.06. The number of hydrogen-bond donors (Lipinski definition) is 1. The largest absolute Gasteiger partial charge is 0.501 e. The highest BCUT2D eigenvalue weighted by molar-refractivity contribution is 6.31. The molecule has 2 nitrogen and oxygen atoms in total. The molecule has 1 aromatic rings. The van der Waals surface area contributed by atoms with Crippen LogP contribution in [0.4, 0.5) is 0 Å². The molecule has 0 aromatic heterocycles. The monoisotopic (exact) mass is 251 g/mol. The summed E-state index contributed by atoms with van der Waals surface area (Å²) in [6.45, 7) is 2.89. The van der Waals surface area contributed by atoms with Gasteiger partial charge >= 0.3 is 0 Å². The van der Waals surface area contributed by atoms with Crippen LogP contribution in [0.5, 0.6) is 0 Å². The van der Waals surface area contributed by atoms with E-state index in [1.165, 1.54) is 11.1 Å². The normalized spacial score (nSPS) is 17.2. The summed E-state index contributed by atoms with van der Waals surface area (Å²) < 4.78 is 5.42. The first-order chi connectivity index (χ1) is 8.24. The van der Waals surface area contributed by atoms with Crippen LogP contribution in [-0.4, -0.2) is 13.7 Å². The van der Waals surface area contributed by atoms with Crippen LogP contribution < -0.4 is 5.32 Å². The van der Waals surface area contributed by atoms with Crippen LogP contribution in [0, 0.1) is 6.92 Å². The Bertz CT molecular complexity index is 428. The molecular weight excluding hydrogens is 234 g/mol. The molecule has 1 atom stereocenters. The molecule has 0 fully saturated rings. The third kappa shape index (κ3) is 2.64. The lowest BCUT2D eigenvalue weighted by atomic mass is 9.92. The van der Waals surface area contributed by atoms with E-state index in [4.69, 9.17) is 16.3 Å². The van der Waals surface area contributed by atoms with Gasteiger partial charge in [-0.15, -0.1) is 0 Å². The van der Waals surface area contributed by atoms with Gasteiger partial charge in [0.2, 0.25) is 0 Å². The van der Waals surface area contributed by atoms with Crippen LogP contribution in [0.2, 0.25) is 5.02 Å². The second-order valence-electron chi connectivity index (χ2n) is 4.34. The van der Waals surface area contributed by atoms with Gasteiger partial charge in [0, 0.05) is 5.02 Å². The van der Waals surface area contributed by atoms with E-state index in [0.717, 1.165) is 30.0 Å². The molecule has 17 heavy (non-hydrogen) atoms. The lowest BCUT2D eigenvalue weighted by Crippen LogP contribution is -2.21. The lowest BCUT2D eigenvalue weighted by molar-refractivity contribution is 0.220. The van der Waals surface area contributed by atoms with Crippen LogP contribution in [0.15, 0.2) is 30.0 Å². The van der Waals surface area contributed by atoms with E-state index < -0.39 is 0 Å². The predicted octanol–water partition coefficient (Wildman–Crippen LogP) is 3.60. The van der Waals surface area contributed by atoms with E-state index in [9.17, 15) is 0 Å². The summed E-state index contributed by atoms with van der Waals surface area (Å²) in [4.78, 5) is 0. The molecule has 92 valence electrons. The van der Waals surface area contributed by atoms with Crippen LogP contribution in [-0.2, 0) is 4.74 Å². The second kappa shape index (κ2) is 5.56. The Morgan fingerprint density at radius 3 is 2.88 bits per heavy atom. The molecule has 0 radical (unpaired) electrons. The molecule has 1 N–H and O–H groups in total. The molecule has 0 aliphatic carbocycles. The summed E-state index contributed by atoms with van der Waals surface area (Å²) in [5.41, 5.74) is 3.67. The van der Waals surface area contributed by atoms with Crippen molar-refractivity contribution >= 4 is 11.6 Å². The highest BCUT2D eigenvalue weighted by Gasteiger charge is 2.19. The fourth-order valence-electron chi connectivity index (χ4n) is 2.27. The molecule has 0 saturated heterocycles. The van der Waals surface area contributed by atoms with Gasteiger partial charge in [-0.05, 0) is 49.6 Å². The van der Waals surface area contributed by atoms with E-state index in [1.54, 1.807) is 0 Å². The first kappa shape index (κ1) is 12.5. The van der Waals surface area contributed by atoms with Gasteiger partial charge in [0.15, 0.2) is 0 Å². The number of hydrogen-bond acceptors (Lipinski definition) is 2. The SMILES string of the molecule is CNC(C1=COCCC1)c1cccc(Cl)c1C. The van der Waals surface area contributed by atoms with Crippen LogP contribution >= 0.6 is 11.6 Å². The summed E-state index contributed by atoms with van der Waals surface area (Å²) in [5, 5.41) is 4.17. The third-order valence-electron chi connectivity index (χ3n) is 3.24. The van der Waals surface area contributed by atoms with Gasteiger partial charge < -0.3 is 10.1 Å². The van der Waals surface area contributed by atoms with Crippen molar-refractivity contribution in [2.75, 3.05) is 13.7 Å². The minimum absolute atomic E-state index is 0.203. The Hall–Kier alpha value is -0.990. The number of halogens is 1. The number of likely N-dealkylation sites (N-methyl/N-ethyl adjacent to an activating group) is 1. The van der Waals surface area contributed by atoms with E-state index in [-0.39, 0.29) is 6.04 Å². The smallest absolute Gasteiger partial charge is 0.0876 e. The molecule has 0 amide bonds. The third-order valence-corrected chi connectivity index (χ3v) is 3.65. The first-order valence-electron chi connectivity index (χ1n) is 5.97. The van der Waals surface area contributed by atoms with Gasteiger partial charge in [-0.25, -0.2) is 0 Å². The van der Waals surface area contributed by atoms with Gasteiger partial charge in [0.1, 0.15) is 0 Å². The Balaban J connectivity index is 2.34. The summed E-state index contributed by atoms with van der Waals surface area (Å²) in [7, 11) is 1.97. The molecular formula is C14H18ClNO. The topological polar surface area (TPSA) is 21.3 Å². The van der Waals surface area contributed by atoms with E-state index in [1.807, 2.05) is 25.4 Å². The van der Waals surface area contributed by atoms with E-state index in [0.29, 0.717) is 0 Å². The number of benzene rings is 1. The first-order valence-corrected chi connectivity index (χ1v) is 6.34. The van der Waals surface area contributed by atoms with Crippen LogP contribution in [0.3, 0.4) is 0 Å². The average molecular weight is 252 g/mol. The standard InChI is InChI=1S/C14H18ClNO/c1-10-12(6-3-7-13(10)15)14(16-2)11-5-4-8-17-9-11/h3,6-7,9,14,16H,4-5,8H2,1-2H3. The summed E-state index contributed by atoms with van der Waals surface area (Å²) in [6, 6.07) is 6.25. The van der Waals surface area contributed by atoms with E-state index in [2.05, 4.69) is 18.3 Å². The Morgan fingerprint density at radius 2 is 2.24 bits per heavy atom. The van der Waals surface area contributed by atoms with Crippen molar-refractivity contribution in [3.8, 4) is 0 Å². The summed E-state index contributed by atoms with van der Waals surface area (Å²) in [5.74, 6) is 0. The van der Waals surface area contributed by atoms with Crippen molar-refractivity contribution in [2.45, 2.75) is 25.8 Å². The maximum absolute atomic E-state index is 6.18. The fourth-order valence-corrected chi connectivity index (χ4v) is 2.46. The molecule has 0 bridgehead atoms. The lowest BCUT2D eigenvalue weighted by Gasteiger charge is -2.24. The van der Waals surface area contributed by atoms with Crippen LogP contribution in [0.1, 0.15) is 30.0 Å². The molecule has 1 aliphatic heterocycles. The maximum Gasteiger partial charge on any atom is 0.0876 e. The van der Waals surface area contributed by atoms with Gasteiger partial charge in [-0.2, -0.15) is 0 Å². The second-order valence-corrected chi connectivity index (χ2v) is 4.75. The van der Waals surface area contributed by atoms with Gasteiger partial charge in [-0.3, -0.25) is 0 Å². The average Bonchev–Trinajstić information content (AvgIpc) is 2.37. The van der Waals surface area contributed by atoms with Crippen molar-refractivity contribution in [1.82, 2.24) is 5.32 Å². The van der Waals surface area contributed by atoms with Gasteiger partial charge in [0.25, 0.3) is 0 Å². The zero-order valence-corrected chi connectivity index (χ0v) is 11.1. The number of nitrogens with one attached hydrogen (secondary N) is 1. The molecule has 3 heteroatoms. The van der Waals surface area contributed by atoms with Crippen molar-refractivity contribution in [1.29, 1.82) is 0 Å². The highest BCUT2D eigenvalue weighted by atomic mass is 35.5. The maximum atomic E-state index is 6.18. The minimum atomic E-state index is 0.203. The molecule has 1 unspecified atom stereocenters. The molecule has 0 spiro atoms. The number of rotatable bonds is 3. The highest BCUT2D eigenvalue weighted by Crippen LogP contribution is 2.31. The fraction of sp³-hybridized carbons (Fsp3) is 0.429. The molecule has 0 saturated carbocycles. The van der Waals surface area contributed by atoms with Crippen molar-refractivity contribution in [3.63, 3.8) is 0 Å². The Morgan fingerprint density at radius 1 is 1.41 bits per heavy atom. The van der Waals surface area contributed by atoms with Gasteiger partial charge in [0.05, 0.1) is 18.9 Å². The van der Waals surface area contributed by atoms with Gasteiger partial charge in [-0.1, -0.05) is 23.7 Å². The van der Waals surface area contributed by atoms with Crippen molar-refractivity contribution in [2.24, 2.45) is 0 Å². The molecule has 1 aromatic carbocycles. The quantitative estimate of drug-likeness (QED) is 0.886. The van der Waals surface area contributed by atoms with Crippen molar-refractivity contribution in [3.05, 3.63) is 46.2 Å². The zero-order valence-electron chi connectivity index (χ0n) is 10.3. The van der Waals surface area contributed by atoms with E-state index >= 15 is 0 Å². The number of ether oxygens (including phenoxy) is 1. The molecule has 1 aliphatic rings.